The van der Waals surface area contributed by atoms with E-state index in [-0.39, 0.29) is 12.2 Å². The first-order chi connectivity index (χ1) is 12.2. The fraction of sp³-hybridized carbons (Fsp3) is 0.444. The maximum atomic E-state index is 12.4. The Labute approximate surface area is 151 Å². The summed E-state index contributed by atoms with van der Waals surface area (Å²) < 4.78 is 7.08. The van der Waals surface area contributed by atoms with Gasteiger partial charge in [0.05, 0.1) is 12.2 Å². The molecular formula is C18H23N5O3. The van der Waals surface area contributed by atoms with Crippen molar-refractivity contribution in [3.8, 4) is 5.82 Å². The number of hydrogen-bond donors (Lipinski definition) is 1. The predicted molar refractivity (Wildman–Crippen MR) is 95.0 cm³/mol. The third-order valence-electron chi connectivity index (χ3n) is 4.06. The van der Waals surface area contributed by atoms with Gasteiger partial charge in [0.2, 0.25) is 0 Å². The van der Waals surface area contributed by atoms with Gasteiger partial charge in [-0.15, -0.1) is 0 Å². The molecule has 0 atom stereocenters. The van der Waals surface area contributed by atoms with Crippen molar-refractivity contribution in [2.45, 2.75) is 46.3 Å². The van der Waals surface area contributed by atoms with Crippen LogP contribution in [0, 0.1) is 6.92 Å². The molecule has 0 saturated heterocycles. The monoisotopic (exact) mass is 357 g/mol. The highest BCUT2D eigenvalue weighted by atomic mass is 16.6. The molecule has 3 rings (SSSR count). The molecule has 2 amide bonds. The summed E-state index contributed by atoms with van der Waals surface area (Å²) in [6.45, 7) is 8.11. The summed E-state index contributed by atoms with van der Waals surface area (Å²) in [7, 11) is 0. The van der Waals surface area contributed by atoms with E-state index in [0.29, 0.717) is 24.3 Å². The van der Waals surface area contributed by atoms with Gasteiger partial charge in [0.1, 0.15) is 5.60 Å². The van der Waals surface area contributed by atoms with E-state index in [9.17, 15) is 9.59 Å². The summed E-state index contributed by atoms with van der Waals surface area (Å²) in [5.74, 6) is -0.00170. The van der Waals surface area contributed by atoms with E-state index in [0.717, 1.165) is 11.3 Å². The largest absolute Gasteiger partial charge is 0.444 e. The summed E-state index contributed by atoms with van der Waals surface area (Å²) in [6.07, 6.45) is 1.81. The summed E-state index contributed by atoms with van der Waals surface area (Å²) >= 11 is 0. The molecule has 1 aliphatic rings. The molecule has 3 heterocycles. The SMILES string of the molecule is Cc1ccnc(-n2nc(C(N)=O)c3c2CCN(C(=O)OC(C)(C)C)C3)c1. The van der Waals surface area contributed by atoms with Crippen LogP contribution in [0.5, 0.6) is 0 Å². The van der Waals surface area contributed by atoms with Crippen molar-refractivity contribution in [3.63, 3.8) is 0 Å². The quantitative estimate of drug-likeness (QED) is 0.885. The minimum Gasteiger partial charge on any atom is -0.444 e. The molecule has 1 aliphatic heterocycles. The molecule has 2 aromatic heterocycles. The number of primary amides is 1. The molecule has 0 aromatic carbocycles. The van der Waals surface area contributed by atoms with Crippen LogP contribution in [-0.4, -0.2) is 43.8 Å². The highest BCUT2D eigenvalue weighted by Gasteiger charge is 2.32. The van der Waals surface area contributed by atoms with Crippen LogP contribution in [0.4, 0.5) is 4.79 Å². The number of nitrogens with two attached hydrogens (primary N) is 1. The molecule has 0 radical (unpaired) electrons. The number of nitrogens with zero attached hydrogens (tertiary/aromatic N) is 4. The van der Waals surface area contributed by atoms with Gasteiger partial charge in [0, 0.05) is 24.7 Å². The highest BCUT2D eigenvalue weighted by Crippen LogP contribution is 2.26. The number of pyridine rings is 1. The lowest BCUT2D eigenvalue weighted by molar-refractivity contribution is 0.0222. The van der Waals surface area contributed by atoms with Crippen molar-refractivity contribution >= 4 is 12.0 Å². The lowest BCUT2D eigenvalue weighted by Gasteiger charge is -2.30. The van der Waals surface area contributed by atoms with Crippen LogP contribution in [-0.2, 0) is 17.7 Å². The van der Waals surface area contributed by atoms with Crippen molar-refractivity contribution in [1.82, 2.24) is 19.7 Å². The first-order valence-corrected chi connectivity index (χ1v) is 8.47. The average molecular weight is 357 g/mol. The number of fused-ring (bicyclic) bond motifs is 1. The van der Waals surface area contributed by atoms with Gasteiger partial charge >= 0.3 is 6.09 Å². The topological polar surface area (TPSA) is 103 Å². The Balaban J connectivity index is 1.97. The molecule has 0 spiro atoms. The number of hydrogen-bond acceptors (Lipinski definition) is 5. The van der Waals surface area contributed by atoms with Gasteiger partial charge in [-0.25, -0.2) is 14.5 Å². The summed E-state index contributed by atoms with van der Waals surface area (Å²) in [5.41, 5.74) is 7.62. The standard InChI is InChI=1S/C18H23N5O3/c1-11-5-7-20-14(9-11)23-13-6-8-22(17(25)26-18(2,3)4)10-12(13)15(21-23)16(19)24/h5,7,9H,6,8,10H2,1-4H3,(H2,19,24). The lowest BCUT2D eigenvalue weighted by atomic mass is 10.1. The molecule has 8 heteroatoms. The van der Waals surface area contributed by atoms with Crippen LogP contribution in [0.3, 0.4) is 0 Å². The molecule has 26 heavy (non-hydrogen) atoms. The van der Waals surface area contributed by atoms with Crippen LogP contribution < -0.4 is 5.73 Å². The molecule has 0 unspecified atom stereocenters. The van der Waals surface area contributed by atoms with Crippen molar-refractivity contribution in [2.75, 3.05) is 6.54 Å². The second-order valence-corrected chi connectivity index (χ2v) is 7.39. The third-order valence-corrected chi connectivity index (χ3v) is 4.06. The van der Waals surface area contributed by atoms with Crippen LogP contribution >= 0.6 is 0 Å². The van der Waals surface area contributed by atoms with E-state index in [1.807, 2.05) is 39.8 Å². The smallest absolute Gasteiger partial charge is 0.410 e. The van der Waals surface area contributed by atoms with Crippen LogP contribution in [0.15, 0.2) is 18.3 Å². The number of rotatable bonds is 2. The molecule has 138 valence electrons. The Hall–Kier alpha value is -2.90. The van der Waals surface area contributed by atoms with E-state index in [1.54, 1.807) is 15.8 Å². The van der Waals surface area contributed by atoms with Crippen molar-refractivity contribution in [3.05, 3.63) is 40.8 Å². The predicted octanol–water partition coefficient (Wildman–Crippen LogP) is 1.97. The molecule has 0 fully saturated rings. The van der Waals surface area contributed by atoms with Crippen molar-refractivity contribution < 1.29 is 14.3 Å². The summed E-state index contributed by atoms with van der Waals surface area (Å²) in [4.78, 5) is 30.2. The van der Waals surface area contributed by atoms with E-state index < -0.39 is 17.6 Å². The zero-order chi connectivity index (χ0) is 19.1. The van der Waals surface area contributed by atoms with Crippen LogP contribution in [0.1, 0.15) is 48.1 Å². The molecular weight excluding hydrogens is 334 g/mol. The first kappa shape index (κ1) is 17.9. The fourth-order valence-electron chi connectivity index (χ4n) is 2.92. The van der Waals surface area contributed by atoms with Gasteiger partial charge in [-0.3, -0.25) is 4.79 Å². The van der Waals surface area contributed by atoms with Crippen LogP contribution in [0.25, 0.3) is 5.82 Å². The normalized spacial score (nSPS) is 14.1. The average Bonchev–Trinajstić information content (AvgIpc) is 2.92. The number of amides is 2. The van der Waals surface area contributed by atoms with E-state index in [4.69, 9.17) is 10.5 Å². The van der Waals surface area contributed by atoms with Gasteiger partial charge in [-0.05, 0) is 45.4 Å². The summed E-state index contributed by atoms with van der Waals surface area (Å²) in [6, 6.07) is 3.77. The zero-order valence-corrected chi connectivity index (χ0v) is 15.4. The highest BCUT2D eigenvalue weighted by molar-refractivity contribution is 5.93. The Kier molecular flexibility index (Phi) is 4.43. The molecule has 8 nitrogen and oxygen atoms in total. The second kappa shape index (κ2) is 6.44. The van der Waals surface area contributed by atoms with Crippen LogP contribution in [0.2, 0.25) is 0 Å². The maximum Gasteiger partial charge on any atom is 0.410 e. The van der Waals surface area contributed by atoms with E-state index in [1.165, 1.54) is 0 Å². The molecule has 0 bridgehead atoms. The van der Waals surface area contributed by atoms with Gasteiger partial charge in [-0.2, -0.15) is 5.10 Å². The molecule has 2 N–H and O–H groups in total. The van der Waals surface area contributed by atoms with Crippen molar-refractivity contribution in [2.24, 2.45) is 5.73 Å². The third kappa shape index (κ3) is 3.54. The Morgan fingerprint density at radius 1 is 1.31 bits per heavy atom. The Morgan fingerprint density at radius 2 is 2.04 bits per heavy atom. The van der Waals surface area contributed by atoms with Gasteiger partial charge in [-0.1, -0.05) is 0 Å². The number of ether oxygens (including phenoxy) is 1. The molecule has 0 saturated carbocycles. The molecule has 0 aliphatic carbocycles. The number of aryl methyl sites for hydroxylation is 1. The Morgan fingerprint density at radius 3 is 2.65 bits per heavy atom. The second-order valence-electron chi connectivity index (χ2n) is 7.39. The Bertz CT molecular complexity index is 866. The van der Waals surface area contributed by atoms with Gasteiger partial charge < -0.3 is 15.4 Å². The number of carbonyl (C=O) groups is 2. The van der Waals surface area contributed by atoms with Gasteiger partial charge in [0.15, 0.2) is 11.5 Å². The van der Waals surface area contributed by atoms with Gasteiger partial charge in [0.25, 0.3) is 5.91 Å². The molecule has 2 aromatic rings. The lowest BCUT2D eigenvalue weighted by Crippen LogP contribution is -2.40. The minimum absolute atomic E-state index is 0.163. The first-order valence-electron chi connectivity index (χ1n) is 8.47. The van der Waals surface area contributed by atoms with E-state index >= 15 is 0 Å². The zero-order valence-electron chi connectivity index (χ0n) is 15.4. The summed E-state index contributed by atoms with van der Waals surface area (Å²) in [5, 5.41) is 4.37. The minimum atomic E-state index is -0.626. The fourth-order valence-corrected chi connectivity index (χ4v) is 2.92. The number of aromatic nitrogens is 3. The number of carbonyl (C=O) groups excluding carboxylic acids is 2. The van der Waals surface area contributed by atoms with Crippen molar-refractivity contribution in [1.29, 1.82) is 0 Å². The van der Waals surface area contributed by atoms with E-state index in [2.05, 4.69) is 10.1 Å². The maximum absolute atomic E-state index is 12.4.